The van der Waals surface area contributed by atoms with Crippen LogP contribution >= 0.6 is 0 Å². The van der Waals surface area contributed by atoms with Gasteiger partial charge in [-0.25, -0.2) is 0 Å². The van der Waals surface area contributed by atoms with E-state index in [-0.39, 0.29) is 0 Å². The number of unbranched alkanes of at least 4 members (excludes halogenated alkanes) is 2. The van der Waals surface area contributed by atoms with Crippen LogP contribution < -0.4 is 9.47 Å². The summed E-state index contributed by atoms with van der Waals surface area (Å²) in [4.78, 5) is 4.83. The molecule has 0 radical (unpaired) electrons. The summed E-state index contributed by atoms with van der Waals surface area (Å²) < 4.78 is 13.3. The Morgan fingerprint density at radius 1 is 1.10 bits per heavy atom. The summed E-state index contributed by atoms with van der Waals surface area (Å²) in [5, 5.41) is 8.33. The van der Waals surface area contributed by atoms with E-state index in [9.17, 15) is 0 Å². The smallest absolute Gasteiger partial charge is 0.233 e. The van der Waals surface area contributed by atoms with Crippen LogP contribution in [-0.4, -0.2) is 35.8 Å². The third-order valence-corrected chi connectivity index (χ3v) is 5.03. The van der Waals surface area contributed by atoms with Crippen molar-refractivity contribution in [3.05, 3.63) is 52.7 Å². The first-order valence-corrected chi connectivity index (χ1v) is 10.5. The molecule has 0 saturated heterocycles. The number of aryl methyl sites for hydroxylation is 3. The molecule has 0 unspecified atom stereocenters. The Labute approximate surface area is 180 Å². The third-order valence-electron chi connectivity index (χ3n) is 5.03. The molecule has 6 heteroatoms. The molecule has 2 aromatic rings. The Morgan fingerprint density at radius 2 is 1.83 bits per heavy atom. The zero-order valence-electron chi connectivity index (χ0n) is 19.2. The lowest BCUT2D eigenvalue weighted by atomic mass is 9.97. The van der Waals surface area contributed by atoms with Crippen molar-refractivity contribution in [2.24, 2.45) is 12.2 Å². The lowest BCUT2D eigenvalue weighted by Gasteiger charge is -2.13. The topological polar surface area (TPSA) is 57.9 Å². The SMILES string of the molecule is C/C=C/COc1cc(C)c(CCCCCOc2cc(/C(C)=N/OC)n(C)n2)c(C)c1. The van der Waals surface area contributed by atoms with Crippen LogP contribution in [0.25, 0.3) is 0 Å². The number of hydrogen-bond donors (Lipinski definition) is 0. The largest absolute Gasteiger partial charge is 0.490 e. The standard InChI is InChI=1S/C24H35N3O3/c1-7-8-13-29-21-15-18(2)22(19(3)16-21)12-10-9-11-14-30-24-17-23(27(5)25-24)20(4)26-28-6/h7-8,15-17H,9-14H2,1-6H3/b8-7+,26-20+. The fourth-order valence-corrected chi connectivity index (χ4v) is 3.46. The minimum atomic E-state index is 0.616. The molecule has 1 aromatic carbocycles. The zero-order valence-corrected chi connectivity index (χ0v) is 19.2. The lowest BCUT2D eigenvalue weighted by Crippen LogP contribution is -2.04. The maximum Gasteiger partial charge on any atom is 0.233 e. The molecule has 0 saturated carbocycles. The average Bonchev–Trinajstić information content (AvgIpc) is 3.07. The molecule has 1 aromatic heterocycles. The Bertz CT molecular complexity index is 846. The molecule has 0 amide bonds. The maximum atomic E-state index is 5.81. The van der Waals surface area contributed by atoms with Crippen LogP contribution in [0.5, 0.6) is 11.6 Å². The van der Waals surface area contributed by atoms with Gasteiger partial charge in [0.05, 0.1) is 12.3 Å². The van der Waals surface area contributed by atoms with E-state index in [1.54, 1.807) is 4.68 Å². The third kappa shape index (κ3) is 6.94. The van der Waals surface area contributed by atoms with Gasteiger partial charge in [0.1, 0.15) is 25.2 Å². The van der Waals surface area contributed by atoms with Crippen molar-refractivity contribution in [1.29, 1.82) is 0 Å². The van der Waals surface area contributed by atoms with E-state index in [4.69, 9.17) is 14.3 Å². The Morgan fingerprint density at radius 3 is 2.50 bits per heavy atom. The molecule has 0 aliphatic rings. The molecule has 0 bridgehead atoms. The van der Waals surface area contributed by atoms with Crippen molar-refractivity contribution in [3.8, 4) is 11.6 Å². The molecule has 1 heterocycles. The molecular formula is C24H35N3O3. The molecule has 0 aliphatic heterocycles. The molecule has 30 heavy (non-hydrogen) atoms. The Hall–Kier alpha value is -2.76. The van der Waals surface area contributed by atoms with Gasteiger partial charge < -0.3 is 14.3 Å². The molecule has 164 valence electrons. The number of rotatable bonds is 12. The normalized spacial score (nSPS) is 11.9. The predicted octanol–water partition coefficient (Wildman–Crippen LogP) is 5.15. The monoisotopic (exact) mass is 413 g/mol. The molecule has 0 spiro atoms. The highest BCUT2D eigenvalue weighted by Gasteiger charge is 2.10. The molecule has 0 aliphatic carbocycles. The Balaban J connectivity index is 1.75. The zero-order chi connectivity index (χ0) is 21.9. The van der Waals surface area contributed by atoms with Gasteiger partial charge >= 0.3 is 0 Å². The predicted molar refractivity (Wildman–Crippen MR) is 122 cm³/mol. The number of benzene rings is 1. The van der Waals surface area contributed by atoms with Crippen LogP contribution in [-0.2, 0) is 18.3 Å². The van der Waals surface area contributed by atoms with Crippen molar-refractivity contribution >= 4 is 5.71 Å². The quantitative estimate of drug-likeness (QED) is 0.209. The summed E-state index contributed by atoms with van der Waals surface area (Å²) in [6.45, 7) is 9.50. The summed E-state index contributed by atoms with van der Waals surface area (Å²) in [5.41, 5.74) is 5.69. The minimum absolute atomic E-state index is 0.616. The van der Waals surface area contributed by atoms with Crippen LogP contribution in [0.3, 0.4) is 0 Å². The molecule has 2 rings (SSSR count). The number of nitrogens with zero attached hydrogens (tertiary/aromatic N) is 3. The van der Waals surface area contributed by atoms with E-state index in [0.29, 0.717) is 19.1 Å². The molecular weight excluding hydrogens is 378 g/mol. The Kier molecular flexibility index (Phi) is 9.45. The average molecular weight is 414 g/mol. The van der Waals surface area contributed by atoms with E-state index in [1.807, 2.05) is 39.1 Å². The van der Waals surface area contributed by atoms with Crippen LogP contribution in [0.15, 0.2) is 35.5 Å². The number of ether oxygens (including phenoxy) is 2. The fraction of sp³-hybridized carbons (Fsp3) is 0.500. The second-order valence-electron chi connectivity index (χ2n) is 7.43. The van der Waals surface area contributed by atoms with Crippen molar-refractivity contribution in [2.45, 2.75) is 53.4 Å². The van der Waals surface area contributed by atoms with E-state index in [1.165, 1.54) is 23.8 Å². The van der Waals surface area contributed by atoms with Crippen LogP contribution in [0.1, 0.15) is 55.5 Å². The first kappa shape index (κ1) is 23.5. The first-order valence-electron chi connectivity index (χ1n) is 10.5. The summed E-state index contributed by atoms with van der Waals surface area (Å²) in [7, 11) is 3.41. The molecule has 0 fully saturated rings. The van der Waals surface area contributed by atoms with E-state index >= 15 is 0 Å². The second kappa shape index (κ2) is 12.1. The first-order chi connectivity index (χ1) is 14.5. The van der Waals surface area contributed by atoms with Gasteiger partial charge in [-0.3, -0.25) is 4.68 Å². The number of hydrogen-bond acceptors (Lipinski definition) is 5. The van der Waals surface area contributed by atoms with Gasteiger partial charge in [0, 0.05) is 13.1 Å². The van der Waals surface area contributed by atoms with Crippen LogP contribution in [0, 0.1) is 13.8 Å². The van der Waals surface area contributed by atoms with Crippen LogP contribution in [0.4, 0.5) is 0 Å². The summed E-state index contributed by atoms with van der Waals surface area (Å²) in [5.74, 6) is 1.57. The number of allylic oxidation sites excluding steroid dienone is 1. The molecule has 0 atom stereocenters. The number of oxime groups is 1. The summed E-state index contributed by atoms with van der Waals surface area (Å²) in [6, 6.07) is 6.18. The van der Waals surface area contributed by atoms with Gasteiger partial charge in [-0.05, 0) is 82.2 Å². The van der Waals surface area contributed by atoms with Crippen molar-refractivity contribution in [3.63, 3.8) is 0 Å². The maximum absolute atomic E-state index is 5.81. The van der Waals surface area contributed by atoms with Gasteiger partial charge in [0.25, 0.3) is 0 Å². The molecule has 0 N–H and O–H groups in total. The van der Waals surface area contributed by atoms with E-state index in [0.717, 1.165) is 42.8 Å². The van der Waals surface area contributed by atoms with Crippen molar-refractivity contribution in [2.75, 3.05) is 20.3 Å². The van der Waals surface area contributed by atoms with Gasteiger partial charge in [-0.1, -0.05) is 17.3 Å². The highest BCUT2D eigenvalue weighted by Crippen LogP contribution is 2.24. The molecule has 6 nitrogen and oxygen atoms in total. The highest BCUT2D eigenvalue weighted by atomic mass is 16.6. The van der Waals surface area contributed by atoms with E-state index in [2.05, 4.69) is 36.2 Å². The highest BCUT2D eigenvalue weighted by molar-refractivity contribution is 5.97. The van der Waals surface area contributed by atoms with Gasteiger partial charge in [0.2, 0.25) is 5.88 Å². The van der Waals surface area contributed by atoms with Crippen molar-refractivity contribution < 1.29 is 14.3 Å². The second-order valence-corrected chi connectivity index (χ2v) is 7.43. The lowest BCUT2D eigenvalue weighted by molar-refractivity contribution is 0.213. The fourth-order valence-electron chi connectivity index (χ4n) is 3.46. The van der Waals surface area contributed by atoms with Gasteiger partial charge in [-0.15, -0.1) is 5.10 Å². The van der Waals surface area contributed by atoms with Crippen molar-refractivity contribution in [1.82, 2.24) is 9.78 Å². The summed E-state index contributed by atoms with van der Waals surface area (Å²) >= 11 is 0. The minimum Gasteiger partial charge on any atom is -0.490 e. The van der Waals surface area contributed by atoms with E-state index < -0.39 is 0 Å². The van der Waals surface area contributed by atoms with Gasteiger partial charge in [-0.2, -0.15) is 0 Å². The van der Waals surface area contributed by atoms with Crippen LogP contribution in [0.2, 0.25) is 0 Å². The van der Waals surface area contributed by atoms with Gasteiger partial charge in [0.15, 0.2) is 0 Å². The number of aromatic nitrogens is 2. The summed E-state index contributed by atoms with van der Waals surface area (Å²) in [6.07, 6.45) is 8.34.